The van der Waals surface area contributed by atoms with Crippen molar-refractivity contribution in [1.82, 2.24) is 4.98 Å². The van der Waals surface area contributed by atoms with Gasteiger partial charge in [0.25, 0.3) is 5.91 Å². The third-order valence-electron chi connectivity index (χ3n) is 10.1. The van der Waals surface area contributed by atoms with E-state index in [0.29, 0.717) is 22.9 Å². The predicted octanol–water partition coefficient (Wildman–Crippen LogP) is 7.22. The van der Waals surface area contributed by atoms with E-state index in [1.807, 2.05) is 31.2 Å². The van der Waals surface area contributed by atoms with Crippen LogP contribution in [0, 0.1) is 36.5 Å². The maximum atomic E-state index is 14.1. The number of hydrogen-bond acceptors (Lipinski definition) is 7. The van der Waals surface area contributed by atoms with Crippen molar-refractivity contribution in [1.29, 1.82) is 0 Å². The minimum atomic E-state index is -4.63. The third-order valence-corrected chi connectivity index (χ3v) is 13.2. The molecule has 2 bridgehead atoms. The third kappa shape index (κ3) is 5.42. The highest BCUT2D eigenvalue weighted by atomic mass is 79.9. The van der Waals surface area contributed by atoms with Crippen LogP contribution in [0.25, 0.3) is 0 Å². The molecular weight excluding hydrogens is 743 g/mol. The Labute approximate surface area is 294 Å². The molecule has 1 saturated heterocycles. The SMILES string of the molecule is Cc1cccc(NC(=O)COc2ccc(Br)cc2[C@H]2c3sc(=O)[nH]c3SC3C2[C@H]2C[C@@H]3C3C(=O)N(c4cccc(C(F)(F)F)c4)C(=O)C32)c1. The van der Waals surface area contributed by atoms with Gasteiger partial charge in [-0.3, -0.25) is 24.1 Å². The Balaban J connectivity index is 1.14. The predicted molar refractivity (Wildman–Crippen MR) is 182 cm³/mol. The maximum Gasteiger partial charge on any atom is 0.416 e. The van der Waals surface area contributed by atoms with Crippen LogP contribution in [0.4, 0.5) is 24.5 Å². The summed E-state index contributed by atoms with van der Waals surface area (Å²) in [7, 11) is 0. The Hall–Kier alpha value is -3.88. The summed E-state index contributed by atoms with van der Waals surface area (Å²) < 4.78 is 47.6. The minimum Gasteiger partial charge on any atom is -0.483 e. The zero-order valence-corrected chi connectivity index (χ0v) is 28.8. The molecule has 3 amide bonds. The van der Waals surface area contributed by atoms with Crippen molar-refractivity contribution in [3.05, 3.63) is 102 Å². The molecule has 4 unspecified atom stereocenters. The van der Waals surface area contributed by atoms with Crippen molar-refractivity contribution in [3.63, 3.8) is 0 Å². The molecule has 2 N–H and O–H groups in total. The van der Waals surface area contributed by atoms with Crippen LogP contribution in [-0.4, -0.2) is 34.6 Å². The molecule has 3 heterocycles. The zero-order valence-electron chi connectivity index (χ0n) is 25.6. The normalized spacial score (nSPS) is 26.8. The lowest BCUT2D eigenvalue weighted by molar-refractivity contribution is -0.137. The number of ether oxygens (including phenoxy) is 1. The smallest absolute Gasteiger partial charge is 0.416 e. The van der Waals surface area contributed by atoms with E-state index in [2.05, 4.69) is 26.2 Å². The number of aromatic amines is 1. The molecule has 2 saturated carbocycles. The molecule has 14 heteroatoms. The molecule has 4 aliphatic rings. The van der Waals surface area contributed by atoms with Gasteiger partial charge in [0.2, 0.25) is 11.8 Å². The molecule has 2 aliphatic heterocycles. The number of fused-ring (bicyclic) bond motifs is 9. The molecule has 8 rings (SSSR count). The topological polar surface area (TPSA) is 109 Å². The number of H-pyrrole nitrogens is 1. The van der Waals surface area contributed by atoms with E-state index < -0.39 is 41.3 Å². The molecule has 4 aromatic rings. The fourth-order valence-corrected chi connectivity index (χ4v) is 11.7. The van der Waals surface area contributed by atoms with E-state index in [9.17, 15) is 32.3 Å². The quantitative estimate of drug-likeness (QED) is 0.201. The summed E-state index contributed by atoms with van der Waals surface area (Å²) in [4.78, 5) is 58.1. The second kappa shape index (κ2) is 11.9. The molecule has 8 nitrogen and oxygen atoms in total. The Morgan fingerprint density at radius 2 is 1.78 bits per heavy atom. The zero-order chi connectivity index (χ0) is 34.4. The van der Waals surface area contributed by atoms with E-state index in [1.165, 1.54) is 23.9 Å². The van der Waals surface area contributed by atoms with E-state index in [4.69, 9.17) is 4.74 Å². The van der Waals surface area contributed by atoms with Gasteiger partial charge in [-0.2, -0.15) is 13.2 Å². The molecule has 1 aromatic heterocycles. The van der Waals surface area contributed by atoms with Crippen molar-refractivity contribution in [3.8, 4) is 5.75 Å². The van der Waals surface area contributed by atoms with E-state index in [0.717, 1.165) is 48.8 Å². The maximum absolute atomic E-state index is 14.1. The second-order valence-electron chi connectivity index (χ2n) is 12.9. The average molecular weight is 771 g/mol. The number of thiazole rings is 1. The van der Waals surface area contributed by atoms with Crippen molar-refractivity contribution in [2.45, 2.75) is 35.7 Å². The molecule has 3 aromatic carbocycles. The van der Waals surface area contributed by atoms with Crippen LogP contribution >= 0.6 is 39.0 Å². The van der Waals surface area contributed by atoms with Crippen LogP contribution in [0.3, 0.4) is 0 Å². The fraction of sp³-hybridized carbons (Fsp3) is 0.314. The molecule has 7 atom stereocenters. The standard InChI is InChI=1S/C35H27BrF3N3O5S2/c1-15-4-2-6-18(10-15)40-24(43)14-47-23-9-8-17(36)12-20(23)25-26-21-13-22(29(26)48-31-30(25)49-34(46)41-31)28-27(21)32(44)42(33(28)45)19-7-3-5-16(11-19)35(37,38)39/h2-12,21-22,25-29H,13-14H2,1H3,(H,40,43)(H,41,46)/t21-,22-,25-,26?,27?,28?,29?/m1/s1. The van der Waals surface area contributed by atoms with Crippen LogP contribution in [-0.2, 0) is 20.6 Å². The van der Waals surface area contributed by atoms with Gasteiger partial charge in [0.05, 0.1) is 28.1 Å². The summed E-state index contributed by atoms with van der Waals surface area (Å²) in [5.74, 6) is -3.34. The van der Waals surface area contributed by atoms with Crippen LogP contribution in [0.15, 0.2) is 81.0 Å². The van der Waals surface area contributed by atoms with Crippen LogP contribution in [0.1, 0.15) is 33.9 Å². The van der Waals surface area contributed by atoms with Crippen molar-refractivity contribution in [2.24, 2.45) is 29.6 Å². The van der Waals surface area contributed by atoms with Gasteiger partial charge in [0.15, 0.2) is 6.61 Å². The first-order valence-corrected chi connectivity index (χ1v) is 18.1. The van der Waals surface area contributed by atoms with E-state index in [-0.39, 0.29) is 46.1 Å². The number of alkyl halides is 3. The highest BCUT2D eigenvalue weighted by molar-refractivity contribution is 9.10. The summed E-state index contributed by atoms with van der Waals surface area (Å²) in [5, 5.41) is 3.39. The summed E-state index contributed by atoms with van der Waals surface area (Å²) in [6.45, 7) is 1.65. The van der Waals surface area contributed by atoms with Gasteiger partial charge < -0.3 is 15.0 Å². The van der Waals surface area contributed by atoms with Crippen molar-refractivity contribution in [2.75, 3.05) is 16.8 Å². The largest absolute Gasteiger partial charge is 0.483 e. The number of anilines is 2. The molecule has 49 heavy (non-hydrogen) atoms. The Morgan fingerprint density at radius 1 is 1.02 bits per heavy atom. The monoisotopic (exact) mass is 769 g/mol. The number of carbonyl (C=O) groups excluding carboxylic acids is 3. The van der Waals surface area contributed by atoms with Gasteiger partial charge in [0.1, 0.15) is 5.75 Å². The lowest BCUT2D eigenvalue weighted by Crippen LogP contribution is -2.42. The lowest BCUT2D eigenvalue weighted by atomic mass is 9.68. The number of rotatable bonds is 6. The number of aryl methyl sites for hydroxylation is 1. The Bertz CT molecular complexity index is 2100. The number of thioether (sulfide) groups is 1. The number of hydrogen-bond donors (Lipinski definition) is 2. The van der Waals surface area contributed by atoms with E-state index >= 15 is 0 Å². The Morgan fingerprint density at radius 3 is 2.53 bits per heavy atom. The molecule has 3 fully saturated rings. The summed E-state index contributed by atoms with van der Waals surface area (Å²) in [5.41, 5.74) is 1.36. The fourth-order valence-electron chi connectivity index (χ4n) is 8.40. The van der Waals surface area contributed by atoms with Crippen LogP contribution in [0.2, 0.25) is 0 Å². The highest BCUT2D eigenvalue weighted by Gasteiger charge is 2.70. The number of nitrogens with one attached hydrogen (secondary N) is 2. The number of imide groups is 1. The summed E-state index contributed by atoms with van der Waals surface area (Å²) in [6, 6.07) is 17.2. The van der Waals surface area contributed by atoms with Crippen molar-refractivity contribution >= 4 is 68.1 Å². The molecule has 2 aliphatic carbocycles. The van der Waals surface area contributed by atoms with Crippen LogP contribution in [0.5, 0.6) is 5.75 Å². The number of amides is 3. The van der Waals surface area contributed by atoms with Crippen LogP contribution < -0.4 is 19.8 Å². The average Bonchev–Trinajstić information content (AvgIpc) is 3.78. The summed E-state index contributed by atoms with van der Waals surface area (Å²) >= 11 is 6.17. The van der Waals surface area contributed by atoms with Gasteiger partial charge in [-0.1, -0.05) is 45.5 Å². The molecule has 0 spiro atoms. The number of carbonyl (C=O) groups is 3. The van der Waals surface area contributed by atoms with E-state index in [1.54, 1.807) is 18.2 Å². The molecule has 0 radical (unpaired) electrons. The lowest BCUT2D eigenvalue weighted by Gasteiger charge is -2.43. The second-order valence-corrected chi connectivity index (χ2v) is 16.0. The number of nitrogens with zero attached hydrogens (tertiary/aromatic N) is 1. The first-order chi connectivity index (χ1) is 23.4. The first-order valence-electron chi connectivity index (χ1n) is 15.6. The number of halogens is 4. The van der Waals surface area contributed by atoms with Gasteiger partial charge in [0, 0.05) is 31.8 Å². The van der Waals surface area contributed by atoms with Gasteiger partial charge in [-0.25, -0.2) is 0 Å². The number of benzene rings is 3. The van der Waals surface area contributed by atoms with Gasteiger partial charge >= 0.3 is 11.0 Å². The highest BCUT2D eigenvalue weighted by Crippen LogP contribution is 2.69. The van der Waals surface area contributed by atoms with Gasteiger partial charge in [-0.05, 0) is 85.2 Å². The first kappa shape index (κ1) is 32.3. The molecular formula is C35H27BrF3N3O5S2. The minimum absolute atomic E-state index is 0.0825. The van der Waals surface area contributed by atoms with Gasteiger partial charge in [-0.15, -0.1) is 11.8 Å². The molecule has 252 valence electrons. The number of aromatic nitrogens is 1. The summed E-state index contributed by atoms with van der Waals surface area (Å²) in [6.07, 6.45) is -4.03. The Kier molecular flexibility index (Phi) is 7.83. The van der Waals surface area contributed by atoms with Crippen molar-refractivity contribution < 1.29 is 32.3 Å².